The number of aliphatic imine (C=N–C) groups is 1. The van der Waals surface area contributed by atoms with Crippen molar-refractivity contribution < 1.29 is 4.74 Å². The molecule has 3 rings (SSSR count). The normalized spacial score (nSPS) is 24.2. The standard InChI is InChI=1S/C16H26N4OS/c1-12(20-6-4-15-13(11-20)5-8-22-15)9-18-16(17)19-10-14-3-2-7-21-14/h5,8,12,14H,2-4,6-7,9-11H2,1H3,(H3,17,18,19). The Morgan fingerprint density at radius 2 is 2.55 bits per heavy atom. The van der Waals surface area contributed by atoms with Gasteiger partial charge in [-0.2, -0.15) is 0 Å². The molecule has 2 unspecified atom stereocenters. The van der Waals surface area contributed by atoms with Gasteiger partial charge in [-0.05, 0) is 43.2 Å². The number of hydrogen-bond donors (Lipinski definition) is 2. The molecule has 1 fully saturated rings. The number of nitrogens with one attached hydrogen (secondary N) is 1. The van der Waals surface area contributed by atoms with Gasteiger partial charge in [0.15, 0.2) is 5.96 Å². The van der Waals surface area contributed by atoms with Crippen LogP contribution in [0.2, 0.25) is 0 Å². The zero-order valence-corrected chi connectivity index (χ0v) is 14.1. The summed E-state index contributed by atoms with van der Waals surface area (Å²) < 4.78 is 5.57. The highest BCUT2D eigenvalue weighted by atomic mass is 32.1. The van der Waals surface area contributed by atoms with E-state index in [4.69, 9.17) is 10.5 Å². The van der Waals surface area contributed by atoms with Crippen LogP contribution < -0.4 is 11.1 Å². The van der Waals surface area contributed by atoms with E-state index in [1.54, 1.807) is 4.88 Å². The van der Waals surface area contributed by atoms with Gasteiger partial charge in [0, 0.05) is 37.2 Å². The minimum absolute atomic E-state index is 0.297. The van der Waals surface area contributed by atoms with Crippen LogP contribution in [0.25, 0.3) is 0 Å². The van der Waals surface area contributed by atoms with Gasteiger partial charge in [0.2, 0.25) is 0 Å². The summed E-state index contributed by atoms with van der Waals surface area (Å²) in [5.74, 6) is 0.538. The highest BCUT2D eigenvalue weighted by Gasteiger charge is 2.21. The zero-order valence-electron chi connectivity index (χ0n) is 13.3. The predicted octanol–water partition coefficient (Wildman–Crippen LogP) is 1.58. The molecular formula is C16H26N4OS. The topological polar surface area (TPSA) is 62.9 Å². The number of thiophene rings is 1. The number of nitrogens with zero attached hydrogens (tertiary/aromatic N) is 2. The van der Waals surface area contributed by atoms with Crippen molar-refractivity contribution in [3.05, 3.63) is 21.9 Å². The number of ether oxygens (including phenoxy) is 1. The fourth-order valence-electron chi connectivity index (χ4n) is 3.07. The highest BCUT2D eigenvalue weighted by Crippen LogP contribution is 2.25. The molecule has 0 aromatic carbocycles. The van der Waals surface area contributed by atoms with Crippen LogP contribution in [0, 0.1) is 0 Å². The second-order valence-electron chi connectivity index (χ2n) is 6.18. The van der Waals surface area contributed by atoms with Crippen LogP contribution in [-0.2, 0) is 17.7 Å². The maximum absolute atomic E-state index is 5.96. The molecule has 0 amide bonds. The summed E-state index contributed by atoms with van der Waals surface area (Å²) in [4.78, 5) is 8.53. The van der Waals surface area contributed by atoms with Crippen LogP contribution in [0.15, 0.2) is 16.4 Å². The molecule has 1 aromatic rings. The number of hydrogen-bond acceptors (Lipinski definition) is 4. The predicted molar refractivity (Wildman–Crippen MR) is 91.4 cm³/mol. The van der Waals surface area contributed by atoms with Crippen molar-refractivity contribution in [2.45, 2.75) is 44.9 Å². The van der Waals surface area contributed by atoms with Gasteiger partial charge in [0.25, 0.3) is 0 Å². The SMILES string of the molecule is CC(CN=C(N)NCC1CCCO1)N1CCc2sccc2C1. The van der Waals surface area contributed by atoms with Crippen LogP contribution in [0.3, 0.4) is 0 Å². The minimum atomic E-state index is 0.297. The molecule has 3 heterocycles. The maximum atomic E-state index is 5.96. The summed E-state index contributed by atoms with van der Waals surface area (Å²) in [5.41, 5.74) is 7.44. The Morgan fingerprint density at radius 3 is 3.36 bits per heavy atom. The van der Waals surface area contributed by atoms with Crippen LogP contribution in [0.1, 0.15) is 30.2 Å². The maximum Gasteiger partial charge on any atom is 0.188 e. The molecule has 1 aromatic heterocycles. The summed E-state index contributed by atoms with van der Waals surface area (Å²) in [5, 5.41) is 5.38. The van der Waals surface area contributed by atoms with Crippen molar-refractivity contribution in [3.8, 4) is 0 Å². The molecule has 2 aliphatic heterocycles. The summed E-state index contributed by atoms with van der Waals surface area (Å²) in [6.07, 6.45) is 3.73. The Labute approximate surface area is 136 Å². The van der Waals surface area contributed by atoms with Crippen molar-refractivity contribution >= 4 is 17.3 Å². The van der Waals surface area contributed by atoms with Crippen LogP contribution in [-0.4, -0.2) is 49.2 Å². The molecule has 5 nitrogen and oxygen atoms in total. The fourth-order valence-corrected chi connectivity index (χ4v) is 3.96. The third-order valence-electron chi connectivity index (χ3n) is 4.52. The number of fused-ring (bicyclic) bond motifs is 1. The third kappa shape index (κ3) is 4.00. The monoisotopic (exact) mass is 322 g/mol. The molecule has 2 atom stereocenters. The lowest BCUT2D eigenvalue weighted by atomic mass is 10.1. The first kappa shape index (κ1) is 15.8. The van der Waals surface area contributed by atoms with Crippen molar-refractivity contribution in [3.63, 3.8) is 0 Å². The summed E-state index contributed by atoms with van der Waals surface area (Å²) in [6, 6.07) is 2.66. The summed E-state index contributed by atoms with van der Waals surface area (Å²) in [6.45, 7) is 6.77. The Morgan fingerprint density at radius 1 is 1.64 bits per heavy atom. The molecule has 0 aliphatic carbocycles. The molecule has 0 radical (unpaired) electrons. The molecule has 122 valence electrons. The third-order valence-corrected chi connectivity index (χ3v) is 5.54. The van der Waals surface area contributed by atoms with E-state index in [0.29, 0.717) is 18.1 Å². The molecule has 0 saturated carbocycles. The van der Waals surface area contributed by atoms with E-state index in [9.17, 15) is 0 Å². The van der Waals surface area contributed by atoms with Gasteiger partial charge < -0.3 is 15.8 Å². The van der Waals surface area contributed by atoms with Gasteiger partial charge >= 0.3 is 0 Å². The number of nitrogens with two attached hydrogens (primary N) is 1. The average molecular weight is 322 g/mol. The average Bonchev–Trinajstić information content (AvgIpc) is 3.20. The largest absolute Gasteiger partial charge is 0.376 e. The Balaban J connectivity index is 1.43. The second kappa shape index (κ2) is 7.44. The van der Waals surface area contributed by atoms with Crippen LogP contribution in [0.5, 0.6) is 0 Å². The van der Waals surface area contributed by atoms with Gasteiger partial charge in [-0.3, -0.25) is 9.89 Å². The Bertz CT molecular complexity index is 510. The van der Waals surface area contributed by atoms with E-state index >= 15 is 0 Å². The van der Waals surface area contributed by atoms with Crippen LogP contribution in [0.4, 0.5) is 0 Å². The molecular weight excluding hydrogens is 296 g/mol. The number of rotatable bonds is 5. The summed E-state index contributed by atoms with van der Waals surface area (Å²) >= 11 is 1.88. The fraction of sp³-hybridized carbons (Fsp3) is 0.688. The van der Waals surface area contributed by atoms with E-state index in [0.717, 1.165) is 52.0 Å². The molecule has 0 bridgehead atoms. The van der Waals surface area contributed by atoms with Crippen molar-refractivity contribution in [2.75, 3.05) is 26.2 Å². The first-order valence-electron chi connectivity index (χ1n) is 8.17. The van der Waals surface area contributed by atoms with E-state index < -0.39 is 0 Å². The number of guanidine groups is 1. The van der Waals surface area contributed by atoms with E-state index in [1.807, 2.05) is 11.3 Å². The first-order chi connectivity index (χ1) is 10.7. The van der Waals surface area contributed by atoms with Crippen molar-refractivity contribution in [2.24, 2.45) is 10.7 Å². The van der Waals surface area contributed by atoms with Gasteiger partial charge in [0.1, 0.15) is 0 Å². The Hall–Kier alpha value is -1.11. The smallest absolute Gasteiger partial charge is 0.188 e. The van der Waals surface area contributed by atoms with Gasteiger partial charge in [-0.15, -0.1) is 11.3 Å². The molecule has 0 spiro atoms. The Kier molecular flexibility index (Phi) is 5.33. The van der Waals surface area contributed by atoms with Gasteiger partial charge in [0.05, 0.1) is 12.6 Å². The van der Waals surface area contributed by atoms with Gasteiger partial charge in [-0.25, -0.2) is 0 Å². The molecule has 6 heteroatoms. The zero-order chi connectivity index (χ0) is 15.4. The van der Waals surface area contributed by atoms with Gasteiger partial charge in [-0.1, -0.05) is 0 Å². The lowest BCUT2D eigenvalue weighted by molar-refractivity contribution is 0.114. The first-order valence-corrected chi connectivity index (χ1v) is 9.05. The minimum Gasteiger partial charge on any atom is -0.376 e. The molecule has 1 saturated heterocycles. The highest BCUT2D eigenvalue weighted by molar-refractivity contribution is 7.10. The quantitative estimate of drug-likeness (QED) is 0.638. The lowest BCUT2D eigenvalue weighted by Gasteiger charge is -2.31. The van der Waals surface area contributed by atoms with E-state index in [-0.39, 0.29) is 0 Å². The molecule has 3 N–H and O–H groups in total. The van der Waals surface area contributed by atoms with Crippen molar-refractivity contribution in [1.29, 1.82) is 0 Å². The summed E-state index contributed by atoms with van der Waals surface area (Å²) in [7, 11) is 0. The lowest BCUT2D eigenvalue weighted by Crippen LogP contribution is -2.41. The van der Waals surface area contributed by atoms with E-state index in [1.165, 1.54) is 5.56 Å². The van der Waals surface area contributed by atoms with Crippen molar-refractivity contribution in [1.82, 2.24) is 10.2 Å². The molecule has 2 aliphatic rings. The second-order valence-corrected chi connectivity index (χ2v) is 7.18. The molecule has 22 heavy (non-hydrogen) atoms. The van der Waals surface area contributed by atoms with E-state index in [2.05, 4.69) is 33.6 Å². The van der Waals surface area contributed by atoms with Crippen LogP contribution >= 0.6 is 11.3 Å².